The van der Waals surface area contributed by atoms with E-state index in [9.17, 15) is 9.59 Å². The maximum atomic E-state index is 12.4. The summed E-state index contributed by atoms with van der Waals surface area (Å²) in [6, 6.07) is 23.4. The number of carbonyl (C=O) groups excluding carboxylic acids is 2. The van der Waals surface area contributed by atoms with Gasteiger partial charge in [0.1, 0.15) is 5.75 Å². The quantitative estimate of drug-likeness (QED) is 0.419. The Hall–Kier alpha value is -3.40. The third-order valence-corrected chi connectivity index (χ3v) is 5.19. The molecule has 0 aromatic heterocycles. The van der Waals surface area contributed by atoms with Crippen LogP contribution in [-0.2, 0) is 0 Å². The lowest BCUT2D eigenvalue weighted by atomic mass is 10.0. The predicted octanol–water partition coefficient (Wildman–Crippen LogP) is 5.12. The van der Waals surface area contributed by atoms with Gasteiger partial charge >= 0.3 is 0 Å². The summed E-state index contributed by atoms with van der Waals surface area (Å²) in [5.74, 6) is 0.475. The zero-order chi connectivity index (χ0) is 20.2. The second-order valence-electron chi connectivity index (χ2n) is 7.21. The summed E-state index contributed by atoms with van der Waals surface area (Å²) in [6.45, 7) is 3.01. The Kier molecular flexibility index (Phi) is 5.43. The molecule has 0 spiro atoms. The van der Waals surface area contributed by atoms with E-state index in [1.807, 2.05) is 31.2 Å². The number of imide groups is 1. The lowest BCUT2D eigenvalue weighted by Gasteiger charge is -2.14. The van der Waals surface area contributed by atoms with Crippen molar-refractivity contribution in [3.8, 4) is 16.9 Å². The molecule has 146 valence electrons. The Morgan fingerprint density at radius 1 is 0.759 bits per heavy atom. The summed E-state index contributed by atoms with van der Waals surface area (Å²) in [4.78, 5) is 26.1. The van der Waals surface area contributed by atoms with Crippen molar-refractivity contribution < 1.29 is 14.3 Å². The van der Waals surface area contributed by atoms with Crippen molar-refractivity contribution in [3.05, 3.63) is 89.5 Å². The van der Waals surface area contributed by atoms with Gasteiger partial charge in [0.05, 0.1) is 17.7 Å². The van der Waals surface area contributed by atoms with Crippen molar-refractivity contribution in [2.45, 2.75) is 19.8 Å². The Balaban J connectivity index is 1.27. The van der Waals surface area contributed by atoms with Crippen molar-refractivity contribution in [2.75, 3.05) is 13.2 Å². The molecular weight excluding hydrogens is 362 g/mol. The first-order chi connectivity index (χ1) is 14.1. The smallest absolute Gasteiger partial charge is 0.261 e. The van der Waals surface area contributed by atoms with Crippen LogP contribution < -0.4 is 4.74 Å². The van der Waals surface area contributed by atoms with Gasteiger partial charge in [0.15, 0.2) is 0 Å². The fourth-order valence-electron chi connectivity index (χ4n) is 3.62. The summed E-state index contributed by atoms with van der Waals surface area (Å²) in [7, 11) is 0. The SMILES string of the molecule is Cc1cc(-c2ccccc2)ccc1OCCCCN1C(=O)c2ccccc2C1=O. The van der Waals surface area contributed by atoms with E-state index in [1.54, 1.807) is 24.3 Å². The number of hydrogen-bond donors (Lipinski definition) is 0. The van der Waals surface area contributed by atoms with Crippen LogP contribution in [0.2, 0.25) is 0 Å². The molecule has 0 aliphatic carbocycles. The van der Waals surface area contributed by atoms with E-state index in [0.29, 0.717) is 30.7 Å². The molecule has 0 saturated heterocycles. The number of fused-ring (bicyclic) bond motifs is 1. The first-order valence-corrected chi connectivity index (χ1v) is 9.89. The van der Waals surface area contributed by atoms with Crippen molar-refractivity contribution >= 4 is 11.8 Å². The molecule has 0 unspecified atom stereocenters. The Bertz CT molecular complexity index is 1010. The molecule has 2 amide bonds. The largest absolute Gasteiger partial charge is 0.493 e. The summed E-state index contributed by atoms with van der Waals surface area (Å²) in [5, 5.41) is 0. The molecule has 0 bridgehead atoms. The lowest BCUT2D eigenvalue weighted by molar-refractivity contribution is 0.0649. The van der Waals surface area contributed by atoms with E-state index in [4.69, 9.17) is 4.74 Å². The number of amides is 2. The van der Waals surface area contributed by atoms with Gasteiger partial charge < -0.3 is 4.74 Å². The van der Waals surface area contributed by atoms with Gasteiger partial charge in [-0.1, -0.05) is 48.5 Å². The average molecular weight is 385 g/mol. The van der Waals surface area contributed by atoms with Crippen LogP contribution in [0.25, 0.3) is 11.1 Å². The van der Waals surface area contributed by atoms with E-state index in [0.717, 1.165) is 17.7 Å². The number of ether oxygens (including phenoxy) is 1. The normalized spacial score (nSPS) is 12.9. The topological polar surface area (TPSA) is 46.6 Å². The summed E-state index contributed by atoms with van der Waals surface area (Å²) >= 11 is 0. The fourth-order valence-corrected chi connectivity index (χ4v) is 3.62. The number of nitrogens with zero attached hydrogens (tertiary/aromatic N) is 1. The molecule has 1 heterocycles. The Labute approximate surface area is 170 Å². The standard InChI is InChI=1S/C25H23NO3/c1-18-17-20(19-9-3-2-4-10-19)13-14-23(18)29-16-8-7-15-26-24(27)21-11-5-6-12-22(21)25(26)28/h2-6,9-14,17H,7-8,15-16H2,1H3. The van der Waals surface area contributed by atoms with Crippen LogP contribution in [0.3, 0.4) is 0 Å². The highest BCUT2D eigenvalue weighted by Gasteiger charge is 2.34. The number of aryl methyl sites for hydroxylation is 1. The Morgan fingerprint density at radius 2 is 1.41 bits per heavy atom. The van der Waals surface area contributed by atoms with Crippen LogP contribution in [0.15, 0.2) is 72.8 Å². The highest BCUT2D eigenvalue weighted by atomic mass is 16.5. The van der Waals surface area contributed by atoms with Crippen molar-refractivity contribution in [2.24, 2.45) is 0 Å². The molecule has 0 atom stereocenters. The van der Waals surface area contributed by atoms with E-state index in [1.165, 1.54) is 16.0 Å². The number of hydrogen-bond acceptors (Lipinski definition) is 3. The number of rotatable bonds is 7. The van der Waals surface area contributed by atoms with Crippen molar-refractivity contribution in [1.82, 2.24) is 4.90 Å². The van der Waals surface area contributed by atoms with Gasteiger partial charge in [-0.2, -0.15) is 0 Å². The lowest BCUT2D eigenvalue weighted by Crippen LogP contribution is -2.30. The van der Waals surface area contributed by atoms with E-state index in [2.05, 4.69) is 24.3 Å². The number of benzene rings is 3. The second kappa shape index (κ2) is 8.31. The van der Waals surface area contributed by atoms with Crippen LogP contribution in [0.5, 0.6) is 5.75 Å². The predicted molar refractivity (Wildman–Crippen MR) is 113 cm³/mol. The molecule has 0 N–H and O–H groups in total. The molecule has 3 aromatic carbocycles. The van der Waals surface area contributed by atoms with Gasteiger partial charge in [0.25, 0.3) is 11.8 Å². The molecule has 29 heavy (non-hydrogen) atoms. The maximum Gasteiger partial charge on any atom is 0.261 e. The van der Waals surface area contributed by atoms with Crippen molar-refractivity contribution in [3.63, 3.8) is 0 Å². The first-order valence-electron chi connectivity index (χ1n) is 9.89. The summed E-state index contributed by atoms with van der Waals surface area (Å²) in [5.41, 5.74) is 4.45. The molecule has 4 heteroatoms. The average Bonchev–Trinajstić information content (AvgIpc) is 3.00. The van der Waals surface area contributed by atoms with Gasteiger partial charge in [-0.15, -0.1) is 0 Å². The zero-order valence-electron chi connectivity index (χ0n) is 16.4. The summed E-state index contributed by atoms with van der Waals surface area (Å²) in [6.07, 6.45) is 1.49. The van der Waals surface area contributed by atoms with Crippen LogP contribution in [0.1, 0.15) is 39.1 Å². The second-order valence-corrected chi connectivity index (χ2v) is 7.21. The minimum atomic E-state index is -0.195. The molecule has 1 aliphatic rings. The van der Waals surface area contributed by atoms with E-state index in [-0.39, 0.29) is 11.8 Å². The molecular formula is C25H23NO3. The number of unbranched alkanes of at least 4 members (excludes halogenated alkanes) is 1. The minimum absolute atomic E-state index is 0.195. The fraction of sp³-hybridized carbons (Fsp3) is 0.200. The number of carbonyl (C=O) groups is 2. The highest BCUT2D eigenvalue weighted by molar-refractivity contribution is 6.21. The molecule has 0 radical (unpaired) electrons. The van der Waals surface area contributed by atoms with Crippen LogP contribution in [0.4, 0.5) is 0 Å². The maximum absolute atomic E-state index is 12.4. The monoisotopic (exact) mass is 385 g/mol. The molecule has 0 saturated carbocycles. The van der Waals surface area contributed by atoms with Crippen LogP contribution >= 0.6 is 0 Å². The highest BCUT2D eigenvalue weighted by Crippen LogP contribution is 2.26. The third-order valence-electron chi connectivity index (χ3n) is 5.19. The first kappa shape index (κ1) is 18.9. The van der Waals surface area contributed by atoms with E-state index >= 15 is 0 Å². The zero-order valence-corrected chi connectivity index (χ0v) is 16.4. The third kappa shape index (κ3) is 3.92. The van der Waals surface area contributed by atoms with Crippen molar-refractivity contribution in [1.29, 1.82) is 0 Å². The van der Waals surface area contributed by atoms with E-state index < -0.39 is 0 Å². The Morgan fingerprint density at radius 3 is 2.07 bits per heavy atom. The van der Waals surface area contributed by atoms with Gasteiger partial charge in [0, 0.05) is 6.54 Å². The molecule has 4 rings (SSSR count). The molecule has 1 aliphatic heterocycles. The van der Waals surface area contributed by atoms with Crippen LogP contribution in [-0.4, -0.2) is 29.9 Å². The van der Waals surface area contributed by atoms with Gasteiger partial charge in [0.2, 0.25) is 0 Å². The summed E-state index contributed by atoms with van der Waals surface area (Å²) < 4.78 is 5.92. The van der Waals surface area contributed by atoms with Gasteiger partial charge in [-0.3, -0.25) is 14.5 Å². The minimum Gasteiger partial charge on any atom is -0.493 e. The molecule has 0 fully saturated rings. The van der Waals surface area contributed by atoms with Gasteiger partial charge in [-0.05, 0) is 60.7 Å². The van der Waals surface area contributed by atoms with Crippen LogP contribution in [0, 0.1) is 6.92 Å². The molecule has 4 nitrogen and oxygen atoms in total. The molecule has 3 aromatic rings. The van der Waals surface area contributed by atoms with Gasteiger partial charge in [-0.25, -0.2) is 0 Å².